The highest BCUT2D eigenvalue weighted by Crippen LogP contribution is 1.97. The Labute approximate surface area is 76.9 Å². The number of nitrogens with one attached hydrogen (secondary N) is 2. The highest BCUT2D eigenvalue weighted by Gasteiger charge is 2.06. The summed E-state index contributed by atoms with van der Waals surface area (Å²) >= 11 is 0. The Morgan fingerprint density at radius 1 is 1.69 bits per heavy atom. The first-order valence-corrected chi connectivity index (χ1v) is 4.34. The van der Waals surface area contributed by atoms with Gasteiger partial charge in [-0.15, -0.1) is 0 Å². The lowest BCUT2D eigenvalue weighted by molar-refractivity contribution is 0.0947. The van der Waals surface area contributed by atoms with Gasteiger partial charge < -0.3 is 5.32 Å². The molecule has 2 N–H and O–H groups in total. The molecular formula is C8H14N4O. The van der Waals surface area contributed by atoms with Crippen LogP contribution in [0, 0.1) is 5.92 Å². The van der Waals surface area contributed by atoms with Crippen molar-refractivity contribution in [3.63, 3.8) is 0 Å². The molecular weight excluding hydrogens is 168 g/mol. The van der Waals surface area contributed by atoms with Crippen molar-refractivity contribution in [1.82, 2.24) is 20.7 Å². The highest BCUT2D eigenvalue weighted by atomic mass is 16.1. The largest absolute Gasteiger partial charge is 0.351 e. The second-order valence-electron chi connectivity index (χ2n) is 3.29. The molecule has 0 aliphatic heterocycles. The number of aromatic amines is 1. The molecule has 13 heavy (non-hydrogen) atoms. The molecule has 0 saturated carbocycles. The summed E-state index contributed by atoms with van der Waals surface area (Å²) < 4.78 is 0. The lowest BCUT2D eigenvalue weighted by atomic mass is 10.1. The van der Waals surface area contributed by atoms with Gasteiger partial charge in [0.15, 0.2) is 5.69 Å². The zero-order valence-corrected chi connectivity index (χ0v) is 7.87. The summed E-state index contributed by atoms with van der Waals surface area (Å²) in [4.78, 5) is 11.3. The Balaban J connectivity index is 2.27. The molecule has 5 heteroatoms. The minimum atomic E-state index is -0.172. The molecule has 0 unspecified atom stereocenters. The van der Waals surface area contributed by atoms with Crippen LogP contribution in [-0.2, 0) is 0 Å². The van der Waals surface area contributed by atoms with Crippen LogP contribution in [0.15, 0.2) is 6.20 Å². The van der Waals surface area contributed by atoms with Crippen LogP contribution >= 0.6 is 0 Å². The van der Waals surface area contributed by atoms with E-state index in [0.29, 0.717) is 18.2 Å². The van der Waals surface area contributed by atoms with Crippen LogP contribution in [0.2, 0.25) is 0 Å². The quantitative estimate of drug-likeness (QED) is 0.715. The van der Waals surface area contributed by atoms with E-state index in [1.165, 1.54) is 6.20 Å². The third-order valence-electron chi connectivity index (χ3n) is 1.65. The van der Waals surface area contributed by atoms with Crippen molar-refractivity contribution in [2.75, 3.05) is 6.54 Å². The SMILES string of the molecule is CC(C)CCNC(=O)c1cn[nH]n1. The van der Waals surface area contributed by atoms with Crippen LogP contribution in [0.4, 0.5) is 0 Å². The van der Waals surface area contributed by atoms with Gasteiger partial charge in [0.2, 0.25) is 0 Å². The average Bonchev–Trinajstić information content (AvgIpc) is 2.55. The van der Waals surface area contributed by atoms with Crippen molar-refractivity contribution in [2.45, 2.75) is 20.3 Å². The van der Waals surface area contributed by atoms with Crippen LogP contribution < -0.4 is 5.32 Å². The van der Waals surface area contributed by atoms with Crippen molar-refractivity contribution >= 4 is 5.91 Å². The van der Waals surface area contributed by atoms with Crippen LogP contribution in [0.5, 0.6) is 0 Å². The maximum Gasteiger partial charge on any atom is 0.273 e. The van der Waals surface area contributed by atoms with E-state index in [1.54, 1.807) is 0 Å². The molecule has 72 valence electrons. The Morgan fingerprint density at radius 2 is 2.46 bits per heavy atom. The molecule has 0 aromatic carbocycles. The second kappa shape index (κ2) is 4.59. The number of aromatic nitrogens is 3. The molecule has 1 amide bonds. The number of carbonyl (C=O) groups excluding carboxylic acids is 1. The van der Waals surface area contributed by atoms with Gasteiger partial charge >= 0.3 is 0 Å². The first kappa shape index (κ1) is 9.70. The Bertz CT molecular complexity index is 255. The Hall–Kier alpha value is -1.39. The van der Waals surface area contributed by atoms with Crippen LogP contribution in [0.1, 0.15) is 30.8 Å². The van der Waals surface area contributed by atoms with E-state index in [-0.39, 0.29) is 5.91 Å². The van der Waals surface area contributed by atoms with Gasteiger partial charge in [0.1, 0.15) is 0 Å². The molecule has 0 spiro atoms. The molecule has 0 aliphatic carbocycles. The fourth-order valence-corrected chi connectivity index (χ4v) is 0.876. The van der Waals surface area contributed by atoms with E-state index in [1.807, 2.05) is 0 Å². The normalized spacial score (nSPS) is 10.4. The highest BCUT2D eigenvalue weighted by molar-refractivity contribution is 5.91. The lowest BCUT2D eigenvalue weighted by Gasteiger charge is -2.04. The van der Waals surface area contributed by atoms with E-state index in [9.17, 15) is 4.79 Å². The molecule has 1 aromatic heterocycles. The summed E-state index contributed by atoms with van der Waals surface area (Å²) in [5.74, 6) is 0.423. The molecule has 0 saturated heterocycles. The van der Waals surface area contributed by atoms with Crippen molar-refractivity contribution in [1.29, 1.82) is 0 Å². The lowest BCUT2D eigenvalue weighted by Crippen LogP contribution is -2.25. The van der Waals surface area contributed by atoms with Gasteiger partial charge in [-0.1, -0.05) is 13.8 Å². The maximum absolute atomic E-state index is 11.3. The first-order chi connectivity index (χ1) is 6.20. The van der Waals surface area contributed by atoms with Crippen molar-refractivity contribution in [2.24, 2.45) is 5.92 Å². The summed E-state index contributed by atoms with van der Waals surface area (Å²) in [5, 5.41) is 12.4. The fourth-order valence-electron chi connectivity index (χ4n) is 0.876. The number of nitrogens with zero attached hydrogens (tertiary/aromatic N) is 2. The molecule has 0 bridgehead atoms. The van der Waals surface area contributed by atoms with E-state index in [2.05, 4.69) is 34.6 Å². The number of H-pyrrole nitrogens is 1. The Kier molecular flexibility index (Phi) is 3.42. The molecule has 1 heterocycles. The summed E-state index contributed by atoms with van der Waals surface area (Å²) in [6, 6.07) is 0. The number of rotatable bonds is 4. The predicted molar refractivity (Wildman–Crippen MR) is 48.2 cm³/mol. The van der Waals surface area contributed by atoms with Crippen molar-refractivity contribution in [3.05, 3.63) is 11.9 Å². The number of hydrogen-bond acceptors (Lipinski definition) is 3. The van der Waals surface area contributed by atoms with Gasteiger partial charge in [-0.2, -0.15) is 15.4 Å². The summed E-state index contributed by atoms with van der Waals surface area (Å²) in [6.45, 7) is 4.91. The average molecular weight is 182 g/mol. The van der Waals surface area contributed by atoms with Gasteiger partial charge in [0, 0.05) is 6.54 Å². The molecule has 1 aromatic rings. The minimum absolute atomic E-state index is 0.172. The zero-order valence-electron chi connectivity index (χ0n) is 7.87. The number of hydrogen-bond donors (Lipinski definition) is 2. The molecule has 1 rings (SSSR count). The summed E-state index contributed by atoms with van der Waals surface area (Å²) in [5.41, 5.74) is 0.337. The van der Waals surface area contributed by atoms with Crippen LogP contribution in [0.25, 0.3) is 0 Å². The second-order valence-corrected chi connectivity index (χ2v) is 3.29. The predicted octanol–water partition coefficient (Wildman–Crippen LogP) is 0.581. The molecule has 0 atom stereocenters. The van der Waals surface area contributed by atoms with E-state index in [0.717, 1.165) is 6.42 Å². The number of amides is 1. The van der Waals surface area contributed by atoms with E-state index in [4.69, 9.17) is 0 Å². The monoisotopic (exact) mass is 182 g/mol. The summed E-state index contributed by atoms with van der Waals surface area (Å²) in [7, 11) is 0. The van der Waals surface area contributed by atoms with Crippen LogP contribution in [-0.4, -0.2) is 27.9 Å². The molecule has 5 nitrogen and oxygen atoms in total. The minimum Gasteiger partial charge on any atom is -0.351 e. The van der Waals surface area contributed by atoms with Gasteiger partial charge in [-0.25, -0.2) is 0 Å². The van der Waals surface area contributed by atoms with Gasteiger partial charge in [-0.3, -0.25) is 4.79 Å². The fraction of sp³-hybridized carbons (Fsp3) is 0.625. The number of carbonyl (C=O) groups is 1. The van der Waals surface area contributed by atoms with Gasteiger partial charge in [0.05, 0.1) is 6.20 Å². The maximum atomic E-state index is 11.3. The smallest absolute Gasteiger partial charge is 0.273 e. The third-order valence-corrected chi connectivity index (χ3v) is 1.65. The van der Waals surface area contributed by atoms with Crippen molar-refractivity contribution in [3.8, 4) is 0 Å². The van der Waals surface area contributed by atoms with Crippen LogP contribution in [0.3, 0.4) is 0 Å². The van der Waals surface area contributed by atoms with Gasteiger partial charge in [0.25, 0.3) is 5.91 Å². The Morgan fingerprint density at radius 3 is 3.00 bits per heavy atom. The summed E-state index contributed by atoms with van der Waals surface area (Å²) in [6.07, 6.45) is 2.38. The zero-order chi connectivity index (χ0) is 9.68. The van der Waals surface area contributed by atoms with E-state index < -0.39 is 0 Å². The molecule has 0 fully saturated rings. The molecule has 0 radical (unpaired) electrons. The third kappa shape index (κ3) is 3.23. The van der Waals surface area contributed by atoms with Crippen molar-refractivity contribution < 1.29 is 4.79 Å². The standard InChI is InChI=1S/C8H14N4O/c1-6(2)3-4-9-8(13)7-5-10-12-11-7/h5-6H,3-4H2,1-2H3,(H,9,13)(H,10,11,12). The van der Waals surface area contributed by atoms with Gasteiger partial charge in [-0.05, 0) is 12.3 Å². The molecule has 0 aliphatic rings. The topological polar surface area (TPSA) is 70.7 Å². The first-order valence-electron chi connectivity index (χ1n) is 4.34. The van der Waals surface area contributed by atoms with E-state index >= 15 is 0 Å².